The van der Waals surface area contributed by atoms with Crippen molar-refractivity contribution in [2.45, 2.75) is 6.92 Å². The zero-order chi connectivity index (χ0) is 10.1. The standard InChI is InChI=1S/C9H14O4/c1-3-4-12-5-6-13-7-8(2)9(10)11/h3,7H,1,4-6H2,2H3,(H,10,11). The van der Waals surface area contributed by atoms with E-state index < -0.39 is 5.97 Å². The fraction of sp³-hybridized carbons (Fsp3) is 0.444. The summed E-state index contributed by atoms with van der Waals surface area (Å²) >= 11 is 0. The molecule has 0 aliphatic rings. The van der Waals surface area contributed by atoms with E-state index in [1.807, 2.05) is 0 Å². The normalized spacial score (nSPS) is 11.0. The first kappa shape index (κ1) is 11.7. The highest BCUT2D eigenvalue weighted by Crippen LogP contribution is 1.92. The Bertz CT molecular complexity index is 196. The zero-order valence-corrected chi connectivity index (χ0v) is 7.66. The number of ether oxygens (including phenoxy) is 2. The van der Waals surface area contributed by atoms with Gasteiger partial charge in [-0.1, -0.05) is 6.08 Å². The summed E-state index contributed by atoms with van der Waals surface area (Å²) in [5.41, 5.74) is 0.170. The van der Waals surface area contributed by atoms with Crippen LogP contribution in [-0.4, -0.2) is 30.9 Å². The molecule has 0 aliphatic carbocycles. The molecule has 0 spiro atoms. The minimum absolute atomic E-state index is 0.170. The molecule has 0 heterocycles. The quantitative estimate of drug-likeness (QED) is 0.281. The van der Waals surface area contributed by atoms with Gasteiger partial charge in [0.25, 0.3) is 0 Å². The van der Waals surface area contributed by atoms with Gasteiger partial charge in [-0.3, -0.25) is 0 Å². The van der Waals surface area contributed by atoms with Crippen LogP contribution in [0.25, 0.3) is 0 Å². The van der Waals surface area contributed by atoms with Crippen LogP contribution in [0.15, 0.2) is 24.5 Å². The minimum Gasteiger partial charge on any atom is -0.498 e. The van der Waals surface area contributed by atoms with Gasteiger partial charge >= 0.3 is 5.97 Å². The van der Waals surface area contributed by atoms with E-state index in [4.69, 9.17) is 14.6 Å². The largest absolute Gasteiger partial charge is 0.498 e. The topological polar surface area (TPSA) is 55.8 Å². The van der Waals surface area contributed by atoms with Gasteiger partial charge in [-0.25, -0.2) is 4.79 Å². The molecule has 0 aromatic rings. The molecule has 0 aliphatic heterocycles. The summed E-state index contributed by atoms with van der Waals surface area (Å²) in [7, 11) is 0. The molecule has 0 radical (unpaired) electrons. The van der Waals surface area contributed by atoms with E-state index in [0.29, 0.717) is 19.8 Å². The Morgan fingerprint density at radius 2 is 2.23 bits per heavy atom. The Morgan fingerprint density at radius 1 is 1.54 bits per heavy atom. The van der Waals surface area contributed by atoms with Gasteiger partial charge in [-0.15, -0.1) is 6.58 Å². The average Bonchev–Trinajstić information content (AvgIpc) is 2.10. The fourth-order valence-electron chi connectivity index (χ4n) is 0.508. The summed E-state index contributed by atoms with van der Waals surface area (Å²) in [5, 5.41) is 8.43. The van der Waals surface area contributed by atoms with Crippen molar-refractivity contribution in [1.82, 2.24) is 0 Å². The molecule has 0 aromatic carbocycles. The van der Waals surface area contributed by atoms with Crippen molar-refractivity contribution in [2.75, 3.05) is 19.8 Å². The third-order valence-corrected chi connectivity index (χ3v) is 1.18. The van der Waals surface area contributed by atoms with Crippen molar-refractivity contribution in [3.63, 3.8) is 0 Å². The summed E-state index contributed by atoms with van der Waals surface area (Å²) in [5.74, 6) is -0.980. The van der Waals surface area contributed by atoms with Gasteiger partial charge < -0.3 is 14.6 Å². The number of rotatable bonds is 7. The predicted molar refractivity (Wildman–Crippen MR) is 48.4 cm³/mol. The summed E-state index contributed by atoms with van der Waals surface area (Å²) in [6.45, 7) is 6.19. The van der Waals surface area contributed by atoms with Crippen LogP contribution < -0.4 is 0 Å². The van der Waals surface area contributed by atoms with Crippen molar-refractivity contribution in [3.05, 3.63) is 24.5 Å². The highest BCUT2D eigenvalue weighted by atomic mass is 16.5. The lowest BCUT2D eigenvalue weighted by Gasteiger charge is -2.01. The molecule has 0 fully saturated rings. The number of carboxylic acid groups (broad SMARTS) is 1. The van der Waals surface area contributed by atoms with Crippen molar-refractivity contribution in [2.24, 2.45) is 0 Å². The number of carboxylic acids is 1. The molecule has 74 valence electrons. The lowest BCUT2D eigenvalue weighted by molar-refractivity contribution is -0.132. The van der Waals surface area contributed by atoms with Gasteiger partial charge in [-0.2, -0.15) is 0 Å². The van der Waals surface area contributed by atoms with Gasteiger partial charge in [0, 0.05) is 0 Å². The third-order valence-electron chi connectivity index (χ3n) is 1.18. The SMILES string of the molecule is C=CCOCCOC=C(C)C(=O)O. The molecule has 13 heavy (non-hydrogen) atoms. The summed E-state index contributed by atoms with van der Waals surface area (Å²) < 4.78 is 9.91. The molecule has 0 saturated heterocycles. The van der Waals surface area contributed by atoms with Crippen molar-refractivity contribution >= 4 is 5.97 Å². The van der Waals surface area contributed by atoms with E-state index >= 15 is 0 Å². The number of hydrogen-bond acceptors (Lipinski definition) is 3. The summed E-state index contributed by atoms with van der Waals surface area (Å²) in [4.78, 5) is 10.3. The highest BCUT2D eigenvalue weighted by molar-refractivity contribution is 5.85. The molecule has 0 unspecified atom stereocenters. The van der Waals surface area contributed by atoms with Crippen LogP contribution in [0.4, 0.5) is 0 Å². The van der Waals surface area contributed by atoms with Crippen LogP contribution >= 0.6 is 0 Å². The average molecular weight is 186 g/mol. The zero-order valence-electron chi connectivity index (χ0n) is 7.66. The van der Waals surface area contributed by atoms with Gasteiger partial charge in [-0.05, 0) is 6.92 Å². The Labute approximate surface area is 77.5 Å². The maximum absolute atomic E-state index is 10.3. The lowest BCUT2D eigenvalue weighted by atomic mass is 10.3. The van der Waals surface area contributed by atoms with Crippen LogP contribution in [-0.2, 0) is 14.3 Å². The van der Waals surface area contributed by atoms with E-state index in [1.54, 1.807) is 6.08 Å². The second-order valence-corrected chi connectivity index (χ2v) is 2.34. The van der Waals surface area contributed by atoms with Crippen LogP contribution in [0.5, 0.6) is 0 Å². The van der Waals surface area contributed by atoms with E-state index in [2.05, 4.69) is 6.58 Å². The van der Waals surface area contributed by atoms with Gasteiger partial charge in [0.2, 0.25) is 0 Å². The van der Waals surface area contributed by atoms with E-state index in [9.17, 15) is 4.79 Å². The predicted octanol–water partition coefficient (Wildman–Crippen LogP) is 1.19. The summed E-state index contributed by atoms with van der Waals surface area (Å²) in [6.07, 6.45) is 2.85. The Morgan fingerprint density at radius 3 is 2.77 bits per heavy atom. The molecule has 4 heteroatoms. The molecule has 0 bridgehead atoms. The number of hydrogen-bond donors (Lipinski definition) is 1. The molecular formula is C9H14O4. The van der Waals surface area contributed by atoms with Crippen molar-refractivity contribution in [1.29, 1.82) is 0 Å². The van der Waals surface area contributed by atoms with E-state index in [1.165, 1.54) is 13.2 Å². The molecule has 0 amide bonds. The fourth-order valence-corrected chi connectivity index (χ4v) is 0.508. The first-order valence-corrected chi connectivity index (χ1v) is 3.88. The molecule has 0 rings (SSSR count). The molecule has 0 atom stereocenters. The van der Waals surface area contributed by atoms with E-state index in [0.717, 1.165) is 0 Å². The van der Waals surface area contributed by atoms with Crippen LogP contribution in [0.1, 0.15) is 6.92 Å². The van der Waals surface area contributed by atoms with E-state index in [-0.39, 0.29) is 5.57 Å². The minimum atomic E-state index is -0.980. The molecule has 0 saturated carbocycles. The number of carbonyl (C=O) groups is 1. The Kier molecular flexibility index (Phi) is 6.63. The summed E-state index contributed by atoms with van der Waals surface area (Å²) in [6, 6.07) is 0. The monoisotopic (exact) mass is 186 g/mol. The molecule has 4 nitrogen and oxygen atoms in total. The van der Waals surface area contributed by atoms with Crippen LogP contribution in [0, 0.1) is 0 Å². The van der Waals surface area contributed by atoms with Crippen LogP contribution in [0.2, 0.25) is 0 Å². The first-order chi connectivity index (χ1) is 6.18. The lowest BCUT2D eigenvalue weighted by Crippen LogP contribution is -2.03. The highest BCUT2D eigenvalue weighted by Gasteiger charge is 1.98. The first-order valence-electron chi connectivity index (χ1n) is 3.88. The maximum Gasteiger partial charge on any atom is 0.334 e. The van der Waals surface area contributed by atoms with Crippen LogP contribution in [0.3, 0.4) is 0 Å². The third kappa shape index (κ3) is 7.08. The Balaban J connectivity index is 3.39. The smallest absolute Gasteiger partial charge is 0.334 e. The van der Waals surface area contributed by atoms with Gasteiger partial charge in [0.05, 0.1) is 25.0 Å². The Hall–Kier alpha value is -1.29. The van der Waals surface area contributed by atoms with Gasteiger partial charge in [0.1, 0.15) is 6.61 Å². The van der Waals surface area contributed by atoms with Gasteiger partial charge in [0.15, 0.2) is 0 Å². The second-order valence-electron chi connectivity index (χ2n) is 2.34. The maximum atomic E-state index is 10.3. The molecule has 1 N–H and O–H groups in total. The molecule has 0 aromatic heterocycles. The second kappa shape index (κ2) is 7.36. The van der Waals surface area contributed by atoms with Crippen molar-refractivity contribution in [3.8, 4) is 0 Å². The molecular weight excluding hydrogens is 172 g/mol. The number of aliphatic carboxylic acids is 1. The van der Waals surface area contributed by atoms with Crippen molar-refractivity contribution < 1.29 is 19.4 Å².